The lowest BCUT2D eigenvalue weighted by Crippen LogP contribution is -2.20. The summed E-state index contributed by atoms with van der Waals surface area (Å²) in [5, 5.41) is 0. The molecule has 0 aliphatic carbocycles. The van der Waals surface area contributed by atoms with Crippen LogP contribution in [0.5, 0.6) is 5.75 Å². The fraction of sp³-hybridized carbons (Fsp3) is 0.500. The van der Waals surface area contributed by atoms with Crippen molar-refractivity contribution in [3.63, 3.8) is 0 Å². The molecule has 16 heavy (non-hydrogen) atoms. The Hall–Kier alpha value is -1.03. The third-order valence-corrected chi connectivity index (χ3v) is 2.24. The Balaban J connectivity index is 3.07. The highest BCUT2D eigenvalue weighted by Gasteiger charge is 2.19. The van der Waals surface area contributed by atoms with Gasteiger partial charge in [-0.05, 0) is 11.0 Å². The molecule has 0 unspecified atom stereocenters. The Morgan fingerprint density at radius 1 is 1.31 bits per heavy atom. The molecule has 86 valence electrons. The molecule has 4 heteroatoms. The third-order valence-electron chi connectivity index (χ3n) is 2.24. The largest absolute Gasteiger partial charge is 0.468 e. The molecule has 0 amide bonds. The second-order valence-corrected chi connectivity index (χ2v) is 4.67. The van der Waals surface area contributed by atoms with Gasteiger partial charge in [0.15, 0.2) is 6.79 Å². The molecule has 1 rings (SSSR count). The Kier molecular flexibility index (Phi) is 3.97. The third kappa shape index (κ3) is 2.98. The number of methoxy groups -OCH3 is 1. The van der Waals surface area contributed by atoms with Gasteiger partial charge in [0.05, 0.1) is 0 Å². The molecule has 1 aromatic rings. The fourth-order valence-electron chi connectivity index (χ4n) is 1.39. The summed E-state index contributed by atoms with van der Waals surface area (Å²) in [6.07, 6.45) is 0. The lowest BCUT2D eigenvalue weighted by Gasteiger charge is -2.21. The fourth-order valence-corrected chi connectivity index (χ4v) is 1.39. The van der Waals surface area contributed by atoms with E-state index in [2.05, 4.69) is 0 Å². The van der Waals surface area contributed by atoms with Gasteiger partial charge in [-0.2, -0.15) is 0 Å². The zero-order chi connectivity index (χ0) is 12.3. The standard InChI is InChI=1S/C12H16BFO2/c1-12(2,3)8-5-9(13)11(6-10(8)14)16-7-15-4/h5-6H,7H2,1-4H3. The van der Waals surface area contributed by atoms with Crippen LogP contribution in [0.3, 0.4) is 0 Å². The highest BCUT2D eigenvalue weighted by atomic mass is 19.1. The minimum atomic E-state index is -0.312. The summed E-state index contributed by atoms with van der Waals surface area (Å²) < 4.78 is 23.7. The first-order chi connectivity index (χ1) is 7.36. The molecule has 1 aromatic carbocycles. The normalized spacial score (nSPS) is 11.6. The van der Waals surface area contributed by atoms with Crippen molar-refractivity contribution in [2.45, 2.75) is 26.2 Å². The highest BCUT2D eigenvalue weighted by molar-refractivity contribution is 6.34. The van der Waals surface area contributed by atoms with Gasteiger partial charge in [0, 0.05) is 13.2 Å². The highest BCUT2D eigenvalue weighted by Crippen LogP contribution is 2.26. The molecule has 0 heterocycles. The molecule has 0 atom stereocenters. The molecule has 0 N–H and O–H groups in total. The summed E-state index contributed by atoms with van der Waals surface area (Å²) in [4.78, 5) is 0. The van der Waals surface area contributed by atoms with Gasteiger partial charge in [-0.15, -0.1) is 0 Å². The second kappa shape index (κ2) is 4.87. The maximum absolute atomic E-state index is 13.8. The van der Waals surface area contributed by atoms with Gasteiger partial charge in [0.2, 0.25) is 0 Å². The summed E-state index contributed by atoms with van der Waals surface area (Å²) in [7, 11) is 7.28. The molecule has 0 spiro atoms. The van der Waals surface area contributed by atoms with Crippen LogP contribution in [-0.4, -0.2) is 21.7 Å². The van der Waals surface area contributed by atoms with Gasteiger partial charge >= 0.3 is 0 Å². The van der Waals surface area contributed by atoms with Crippen molar-refractivity contribution in [2.75, 3.05) is 13.9 Å². The number of rotatable bonds is 3. The monoisotopic (exact) mass is 222 g/mol. The van der Waals surface area contributed by atoms with Crippen molar-refractivity contribution in [3.8, 4) is 5.75 Å². The Bertz CT molecular complexity index is 372. The smallest absolute Gasteiger partial charge is 0.188 e. The van der Waals surface area contributed by atoms with E-state index in [0.29, 0.717) is 16.8 Å². The van der Waals surface area contributed by atoms with Crippen LogP contribution in [0.25, 0.3) is 0 Å². The van der Waals surface area contributed by atoms with E-state index in [1.165, 1.54) is 13.2 Å². The zero-order valence-corrected chi connectivity index (χ0v) is 10.1. The van der Waals surface area contributed by atoms with Gasteiger partial charge < -0.3 is 9.47 Å². The van der Waals surface area contributed by atoms with E-state index in [-0.39, 0.29) is 18.0 Å². The summed E-state index contributed by atoms with van der Waals surface area (Å²) in [5.74, 6) is 0.000142. The molecule has 0 saturated heterocycles. The second-order valence-electron chi connectivity index (χ2n) is 4.67. The van der Waals surface area contributed by atoms with Crippen LogP contribution in [0.4, 0.5) is 4.39 Å². The van der Waals surface area contributed by atoms with Crippen LogP contribution < -0.4 is 10.2 Å². The Morgan fingerprint density at radius 2 is 1.94 bits per heavy atom. The number of hydrogen-bond donors (Lipinski definition) is 0. The molecule has 0 fully saturated rings. The number of halogens is 1. The van der Waals surface area contributed by atoms with Gasteiger partial charge in [-0.1, -0.05) is 32.3 Å². The van der Waals surface area contributed by atoms with Crippen molar-refractivity contribution in [1.82, 2.24) is 0 Å². The van der Waals surface area contributed by atoms with E-state index in [4.69, 9.17) is 17.3 Å². The maximum Gasteiger partial charge on any atom is 0.188 e. The molecule has 2 nitrogen and oxygen atoms in total. The first-order valence-electron chi connectivity index (χ1n) is 5.07. The topological polar surface area (TPSA) is 18.5 Å². The summed E-state index contributed by atoms with van der Waals surface area (Å²) in [6.45, 7) is 5.85. The first kappa shape index (κ1) is 13.0. The number of hydrogen-bond acceptors (Lipinski definition) is 2. The zero-order valence-electron chi connectivity index (χ0n) is 10.1. The SMILES string of the molecule is [B]c1cc(C(C)(C)C)c(F)cc1OCOC. The quantitative estimate of drug-likeness (QED) is 0.574. The van der Waals surface area contributed by atoms with E-state index < -0.39 is 0 Å². The molecule has 0 saturated carbocycles. The van der Waals surface area contributed by atoms with E-state index in [1.807, 2.05) is 20.8 Å². The number of ether oxygens (including phenoxy) is 2. The predicted molar refractivity (Wildman–Crippen MR) is 63.0 cm³/mol. The van der Waals surface area contributed by atoms with Crippen molar-refractivity contribution in [3.05, 3.63) is 23.5 Å². The van der Waals surface area contributed by atoms with Crippen molar-refractivity contribution < 1.29 is 13.9 Å². The lowest BCUT2D eigenvalue weighted by molar-refractivity contribution is 0.0516. The molecular weight excluding hydrogens is 206 g/mol. The van der Waals surface area contributed by atoms with E-state index in [9.17, 15) is 4.39 Å². The minimum Gasteiger partial charge on any atom is -0.468 e. The van der Waals surface area contributed by atoms with Crippen LogP contribution in [0.2, 0.25) is 0 Å². The van der Waals surface area contributed by atoms with Crippen LogP contribution >= 0.6 is 0 Å². The summed E-state index contributed by atoms with van der Waals surface area (Å²) in [5.41, 5.74) is 0.719. The van der Waals surface area contributed by atoms with Crippen LogP contribution in [0.15, 0.2) is 12.1 Å². The molecule has 0 bridgehead atoms. The van der Waals surface area contributed by atoms with Crippen LogP contribution in [0, 0.1) is 5.82 Å². The lowest BCUT2D eigenvalue weighted by atomic mass is 9.82. The molecule has 2 radical (unpaired) electrons. The number of benzene rings is 1. The minimum absolute atomic E-state index is 0.0541. The van der Waals surface area contributed by atoms with Crippen molar-refractivity contribution in [1.29, 1.82) is 0 Å². The summed E-state index contributed by atoms with van der Waals surface area (Å²) >= 11 is 0. The molecular formula is C12H16BFO2. The average Bonchev–Trinajstić information content (AvgIpc) is 2.17. The van der Waals surface area contributed by atoms with E-state index in [1.54, 1.807) is 6.07 Å². The van der Waals surface area contributed by atoms with Crippen LogP contribution in [-0.2, 0) is 10.2 Å². The molecule has 0 aliphatic heterocycles. The van der Waals surface area contributed by atoms with E-state index >= 15 is 0 Å². The first-order valence-corrected chi connectivity index (χ1v) is 5.07. The van der Waals surface area contributed by atoms with Gasteiger partial charge in [0.25, 0.3) is 0 Å². The Morgan fingerprint density at radius 3 is 2.44 bits per heavy atom. The average molecular weight is 222 g/mol. The van der Waals surface area contributed by atoms with E-state index in [0.717, 1.165) is 0 Å². The Labute approximate surface area is 97.2 Å². The van der Waals surface area contributed by atoms with Gasteiger partial charge in [0.1, 0.15) is 19.4 Å². The van der Waals surface area contributed by atoms with Crippen LogP contribution in [0.1, 0.15) is 26.3 Å². The van der Waals surface area contributed by atoms with Gasteiger partial charge in [-0.3, -0.25) is 0 Å². The summed E-state index contributed by atoms with van der Waals surface area (Å²) in [6, 6.07) is 2.91. The van der Waals surface area contributed by atoms with Crippen molar-refractivity contribution in [2.24, 2.45) is 0 Å². The maximum atomic E-state index is 13.8. The van der Waals surface area contributed by atoms with Crippen molar-refractivity contribution >= 4 is 13.3 Å². The molecule has 0 aromatic heterocycles. The van der Waals surface area contributed by atoms with Gasteiger partial charge in [-0.25, -0.2) is 4.39 Å². The predicted octanol–water partition coefficient (Wildman–Crippen LogP) is 1.90. The molecule has 0 aliphatic rings.